The van der Waals surface area contributed by atoms with Gasteiger partial charge < -0.3 is 14.6 Å². The number of rotatable bonds is 5. The van der Waals surface area contributed by atoms with Gasteiger partial charge in [0.25, 0.3) is 5.89 Å². The largest absolute Gasteiger partial charge is 0.477 e. The third kappa shape index (κ3) is 3.41. The second-order valence-electron chi connectivity index (χ2n) is 5.47. The first-order valence-electron chi connectivity index (χ1n) is 7.07. The predicted octanol–water partition coefficient (Wildman–Crippen LogP) is 2.21. The second kappa shape index (κ2) is 6.13. The number of nitrogens with zero attached hydrogens (tertiary/aromatic N) is 3. The van der Waals surface area contributed by atoms with Crippen molar-refractivity contribution < 1.29 is 14.1 Å². The number of ether oxygens (including phenoxy) is 1. The standard InChI is InChI=1S/C15H20N4O3/c1-6-21-12-11(8-7-9(2)16-12)13-17-14(19-22-13)15(4,5)18-10(3)20/h7-8H,6H2,1-5H3,(H,18,20). The number of hydrogen-bond acceptors (Lipinski definition) is 6. The maximum Gasteiger partial charge on any atom is 0.263 e. The van der Waals surface area contributed by atoms with E-state index in [4.69, 9.17) is 9.26 Å². The van der Waals surface area contributed by atoms with Crippen LogP contribution in [0.5, 0.6) is 5.88 Å². The molecule has 118 valence electrons. The normalized spacial score (nSPS) is 11.3. The van der Waals surface area contributed by atoms with Gasteiger partial charge in [-0.1, -0.05) is 5.16 Å². The van der Waals surface area contributed by atoms with Gasteiger partial charge in [0.15, 0.2) is 5.82 Å². The van der Waals surface area contributed by atoms with Crippen molar-refractivity contribution in [2.24, 2.45) is 0 Å². The van der Waals surface area contributed by atoms with E-state index in [1.165, 1.54) is 6.92 Å². The maximum atomic E-state index is 11.3. The summed E-state index contributed by atoms with van der Waals surface area (Å²) in [6.45, 7) is 9.31. The van der Waals surface area contributed by atoms with Gasteiger partial charge in [-0.2, -0.15) is 4.98 Å². The molecular weight excluding hydrogens is 284 g/mol. The Morgan fingerprint density at radius 1 is 1.36 bits per heavy atom. The lowest BCUT2D eigenvalue weighted by molar-refractivity contribution is -0.120. The Morgan fingerprint density at radius 3 is 2.73 bits per heavy atom. The van der Waals surface area contributed by atoms with Gasteiger partial charge in [-0.15, -0.1) is 0 Å². The minimum atomic E-state index is -0.725. The van der Waals surface area contributed by atoms with E-state index in [9.17, 15) is 4.79 Å². The van der Waals surface area contributed by atoms with Crippen LogP contribution < -0.4 is 10.1 Å². The molecule has 0 bridgehead atoms. The molecule has 2 aromatic rings. The van der Waals surface area contributed by atoms with Gasteiger partial charge in [0.05, 0.1) is 12.1 Å². The molecule has 0 spiro atoms. The lowest BCUT2D eigenvalue weighted by Gasteiger charge is -2.20. The summed E-state index contributed by atoms with van der Waals surface area (Å²) in [6, 6.07) is 3.68. The molecule has 0 saturated carbocycles. The van der Waals surface area contributed by atoms with Crippen LogP contribution in [-0.4, -0.2) is 27.6 Å². The van der Waals surface area contributed by atoms with Crippen LogP contribution in [0.2, 0.25) is 0 Å². The molecule has 0 aliphatic carbocycles. The molecule has 0 radical (unpaired) electrons. The number of carbonyl (C=O) groups excluding carboxylic acids is 1. The van der Waals surface area contributed by atoms with Crippen LogP contribution in [-0.2, 0) is 10.3 Å². The predicted molar refractivity (Wildman–Crippen MR) is 80.3 cm³/mol. The van der Waals surface area contributed by atoms with Crippen molar-refractivity contribution in [1.29, 1.82) is 0 Å². The molecule has 2 rings (SSSR count). The second-order valence-corrected chi connectivity index (χ2v) is 5.47. The van der Waals surface area contributed by atoms with E-state index in [-0.39, 0.29) is 5.91 Å². The summed E-state index contributed by atoms with van der Waals surface area (Å²) in [4.78, 5) is 20.0. The van der Waals surface area contributed by atoms with E-state index < -0.39 is 5.54 Å². The molecule has 2 heterocycles. The molecule has 0 atom stereocenters. The number of aryl methyl sites for hydroxylation is 1. The number of carbonyl (C=O) groups is 1. The highest BCUT2D eigenvalue weighted by Gasteiger charge is 2.28. The first-order valence-corrected chi connectivity index (χ1v) is 7.07. The van der Waals surface area contributed by atoms with Gasteiger partial charge in [-0.3, -0.25) is 4.79 Å². The van der Waals surface area contributed by atoms with Crippen molar-refractivity contribution in [3.05, 3.63) is 23.7 Å². The molecule has 0 saturated heterocycles. The maximum absolute atomic E-state index is 11.3. The quantitative estimate of drug-likeness (QED) is 0.910. The van der Waals surface area contributed by atoms with Gasteiger partial charge in [0, 0.05) is 12.6 Å². The number of hydrogen-bond donors (Lipinski definition) is 1. The average Bonchev–Trinajstić information content (AvgIpc) is 2.88. The number of aromatic nitrogens is 3. The minimum Gasteiger partial charge on any atom is -0.477 e. The molecular formula is C15H20N4O3. The molecule has 0 aliphatic heterocycles. The zero-order chi connectivity index (χ0) is 16.3. The minimum absolute atomic E-state index is 0.164. The lowest BCUT2D eigenvalue weighted by atomic mass is 10.1. The summed E-state index contributed by atoms with van der Waals surface area (Å²) in [5.74, 6) is 0.989. The van der Waals surface area contributed by atoms with Crippen LogP contribution >= 0.6 is 0 Å². The monoisotopic (exact) mass is 304 g/mol. The van der Waals surface area contributed by atoms with Crippen LogP contribution in [0.4, 0.5) is 0 Å². The highest BCUT2D eigenvalue weighted by molar-refractivity contribution is 5.73. The van der Waals surface area contributed by atoms with Crippen molar-refractivity contribution in [3.63, 3.8) is 0 Å². The molecule has 0 unspecified atom stereocenters. The van der Waals surface area contributed by atoms with Gasteiger partial charge >= 0.3 is 0 Å². The zero-order valence-corrected chi connectivity index (χ0v) is 13.4. The molecule has 2 aromatic heterocycles. The Hall–Kier alpha value is -2.44. The summed E-state index contributed by atoms with van der Waals surface area (Å²) in [6.07, 6.45) is 0. The molecule has 7 heteroatoms. The molecule has 1 N–H and O–H groups in total. The first-order chi connectivity index (χ1) is 10.3. The van der Waals surface area contributed by atoms with Crippen molar-refractivity contribution >= 4 is 5.91 Å². The molecule has 0 aliphatic rings. The molecule has 0 fully saturated rings. The summed E-state index contributed by atoms with van der Waals surface area (Å²) < 4.78 is 10.8. The Labute approximate surface area is 129 Å². The van der Waals surface area contributed by atoms with Gasteiger partial charge in [0.1, 0.15) is 5.56 Å². The van der Waals surface area contributed by atoms with E-state index in [0.717, 1.165) is 5.69 Å². The van der Waals surface area contributed by atoms with E-state index in [1.807, 2.05) is 26.0 Å². The van der Waals surface area contributed by atoms with Gasteiger partial charge in [0.2, 0.25) is 11.8 Å². The van der Waals surface area contributed by atoms with Crippen molar-refractivity contribution in [1.82, 2.24) is 20.4 Å². The van der Waals surface area contributed by atoms with Crippen molar-refractivity contribution in [2.45, 2.75) is 40.2 Å². The van der Waals surface area contributed by atoms with Gasteiger partial charge in [-0.05, 0) is 39.8 Å². The summed E-state index contributed by atoms with van der Waals surface area (Å²) in [5, 5.41) is 6.74. The third-order valence-corrected chi connectivity index (χ3v) is 2.98. The van der Waals surface area contributed by atoms with Crippen LogP contribution in [0.1, 0.15) is 39.2 Å². The van der Waals surface area contributed by atoms with E-state index in [0.29, 0.717) is 29.8 Å². The third-order valence-electron chi connectivity index (χ3n) is 2.98. The van der Waals surface area contributed by atoms with Crippen molar-refractivity contribution in [3.8, 4) is 17.3 Å². The van der Waals surface area contributed by atoms with Gasteiger partial charge in [-0.25, -0.2) is 4.98 Å². The SMILES string of the molecule is CCOc1nc(C)ccc1-c1nc(C(C)(C)NC(C)=O)no1. The summed E-state index contributed by atoms with van der Waals surface area (Å²) in [7, 11) is 0. The Morgan fingerprint density at radius 2 is 2.09 bits per heavy atom. The fourth-order valence-electron chi connectivity index (χ4n) is 2.03. The lowest BCUT2D eigenvalue weighted by Crippen LogP contribution is -2.40. The van der Waals surface area contributed by atoms with E-state index in [2.05, 4.69) is 20.4 Å². The Bertz CT molecular complexity index is 679. The fourth-order valence-corrected chi connectivity index (χ4v) is 2.03. The molecule has 0 aromatic carbocycles. The highest BCUT2D eigenvalue weighted by atomic mass is 16.5. The van der Waals surface area contributed by atoms with Crippen LogP contribution in [0, 0.1) is 6.92 Å². The molecule has 7 nitrogen and oxygen atoms in total. The fraction of sp³-hybridized carbons (Fsp3) is 0.467. The number of pyridine rings is 1. The number of nitrogens with one attached hydrogen (secondary N) is 1. The highest BCUT2D eigenvalue weighted by Crippen LogP contribution is 2.29. The zero-order valence-electron chi connectivity index (χ0n) is 13.4. The Balaban J connectivity index is 2.38. The van der Waals surface area contributed by atoms with Crippen LogP contribution in [0.25, 0.3) is 11.5 Å². The van der Waals surface area contributed by atoms with Crippen LogP contribution in [0.3, 0.4) is 0 Å². The topological polar surface area (TPSA) is 90.1 Å². The smallest absolute Gasteiger partial charge is 0.263 e. The molecule has 22 heavy (non-hydrogen) atoms. The average molecular weight is 304 g/mol. The molecule has 1 amide bonds. The first kappa shape index (κ1) is 15.9. The van der Waals surface area contributed by atoms with Crippen LogP contribution in [0.15, 0.2) is 16.7 Å². The van der Waals surface area contributed by atoms with E-state index in [1.54, 1.807) is 13.8 Å². The summed E-state index contributed by atoms with van der Waals surface area (Å²) >= 11 is 0. The van der Waals surface area contributed by atoms with E-state index >= 15 is 0 Å². The number of amides is 1. The summed E-state index contributed by atoms with van der Waals surface area (Å²) in [5.41, 5.74) is 0.743. The van der Waals surface area contributed by atoms with Crippen molar-refractivity contribution in [2.75, 3.05) is 6.61 Å². The Kier molecular flexibility index (Phi) is 4.44.